The van der Waals surface area contributed by atoms with Gasteiger partial charge in [-0.2, -0.15) is 0 Å². The van der Waals surface area contributed by atoms with Crippen molar-refractivity contribution < 1.29 is 4.55 Å². The maximum Gasteiger partial charge on any atom is 0.136 e. The fourth-order valence-electron chi connectivity index (χ4n) is 1.06. The van der Waals surface area contributed by atoms with E-state index in [0.717, 1.165) is 10.3 Å². The topological polar surface area (TPSA) is 48.0 Å². The largest absolute Gasteiger partial charge is 0.598 e. The van der Waals surface area contributed by atoms with Gasteiger partial charge in [0.25, 0.3) is 0 Å². The van der Waals surface area contributed by atoms with Gasteiger partial charge in [0.2, 0.25) is 0 Å². The van der Waals surface area contributed by atoms with E-state index in [1.54, 1.807) is 0 Å². The lowest BCUT2D eigenvalue weighted by atomic mass is 10.2. The van der Waals surface area contributed by atoms with Gasteiger partial charge in [0.1, 0.15) is 9.35 Å². The van der Waals surface area contributed by atoms with Crippen LogP contribution in [0.3, 0.4) is 0 Å². The molecule has 90 valence electrons. The van der Waals surface area contributed by atoms with Crippen LogP contribution in [0.1, 0.15) is 39.4 Å². The molecule has 1 rings (SSSR count). The molecule has 0 saturated carbocycles. The molecule has 2 atom stereocenters. The van der Waals surface area contributed by atoms with E-state index in [1.807, 2.05) is 45.9 Å². The Balaban J connectivity index is 2.69. The predicted molar refractivity (Wildman–Crippen MR) is 71.4 cm³/mol. The van der Waals surface area contributed by atoms with Crippen LogP contribution in [0.2, 0.25) is 0 Å². The summed E-state index contributed by atoms with van der Waals surface area (Å²) in [6.07, 6.45) is 0. The molecule has 0 bridgehead atoms. The Kier molecular flexibility index (Phi) is 4.79. The number of nitrogens with zero attached hydrogens (tertiary/aromatic N) is 1. The van der Waals surface area contributed by atoms with Crippen LogP contribution < -0.4 is 4.72 Å². The molecule has 0 radical (unpaired) electrons. The molecule has 5 heteroatoms. The summed E-state index contributed by atoms with van der Waals surface area (Å²) in [5.41, 5.74) is 0.881. The molecule has 0 unspecified atom stereocenters. The van der Waals surface area contributed by atoms with E-state index in [1.165, 1.54) is 0 Å². The van der Waals surface area contributed by atoms with Crippen LogP contribution in [0.25, 0.3) is 0 Å². The SMILES string of the molecule is C[C@H](N[S@@+]([O-])C(C)(C)C)c1cccc(Br)n1. The van der Waals surface area contributed by atoms with Crippen molar-refractivity contribution in [2.75, 3.05) is 0 Å². The van der Waals surface area contributed by atoms with Gasteiger partial charge < -0.3 is 4.55 Å². The number of rotatable bonds is 3. The third kappa shape index (κ3) is 4.05. The predicted octanol–water partition coefficient (Wildman–Crippen LogP) is 2.96. The van der Waals surface area contributed by atoms with E-state index < -0.39 is 11.4 Å². The molecule has 0 fully saturated rings. The molecular formula is C11H17BrN2OS. The van der Waals surface area contributed by atoms with E-state index in [4.69, 9.17) is 0 Å². The zero-order valence-electron chi connectivity index (χ0n) is 9.95. The zero-order chi connectivity index (χ0) is 12.3. The van der Waals surface area contributed by atoms with E-state index in [-0.39, 0.29) is 10.8 Å². The van der Waals surface area contributed by atoms with E-state index >= 15 is 0 Å². The fraction of sp³-hybridized carbons (Fsp3) is 0.545. The monoisotopic (exact) mass is 304 g/mol. The lowest BCUT2D eigenvalue weighted by Crippen LogP contribution is -2.40. The summed E-state index contributed by atoms with van der Waals surface area (Å²) in [5.74, 6) is 0. The van der Waals surface area contributed by atoms with Gasteiger partial charge in [-0.1, -0.05) is 6.07 Å². The van der Waals surface area contributed by atoms with Crippen molar-refractivity contribution in [2.45, 2.75) is 38.5 Å². The highest BCUT2D eigenvalue weighted by molar-refractivity contribution is 9.10. The average Bonchev–Trinajstić information content (AvgIpc) is 2.16. The first kappa shape index (κ1) is 14.0. The second-order valence-corrected chi connectivity index (χ2v) is 7.42. The van der Waals surface area contributed by atoms with Crippen LogP contribution in [0.4, 0.5) is 0 Å². The van der Waals surface area contributed by atoms with Gasteiger partial charge in [-0.05, 0) is 55.8 Å². The second kappa shape index (κ2) is 5.49. The maximum atomic E-state index is 11.9. The zero-order valence-corrected chi connectivity index (χ0v) is 12.4. The number of hydrogen-bond donors (Lipinski definition) is 1. The molecule has 0 aliphatic carbocycles. The third-order valence-corrected chi connectivity index (χ3v) is 4.14. The minimum Gasteiger partial charge on any atom is -0.598 e. The second-order valence-electron chi connectivity index (χ2n) is 4.61. The highest BCUT2D eigenvalue weighted by atomic mass is 79.9. The van der Waals surface area contributed by atoms with Crippen LogP contribution in [0.15, 0.2) is 22.8 Å². The maximum absolute atomic E-state index is 11.9. The summed E-state index contributed by atoms with van der Waals surface area (Å²) >= 11 is 2.24. The van der Waals surface area contributed by atoms with Crippen molar-refractivity contribution in [1.82, 2.24) is 9.71 Å². The Morgan fingerprint density at radius 2 is 2.06 bits per heavy atom. The Bertz CT molecular complexity index is 354. The quantitative estimate of drug-likeness (QED) is 0.690. The molecule has 1 aromatic heterocycles. The Hall–Kier alpha value is -0.100. The third-order valence-electron chi connectivity index (χ3n) is 2.02. The number of nitrogens with one attached hydrogen (secondary N) is 1. The number of hydrogen-bond acceptors (Lipinski definition) is 3. The summed E-state index contributed by atoms with van der Waals surface area (Å²) < 4.78 is 15.5. The molecule has 0 spiro atoms. The van der Waals surface area contributed by atoms with Crippen LogP contribution in [0, 0.1) is 0 Å². The Morgan fingerprint density at radius 3 is 2.56 bits per heavy atom. The molecular weight excluding hydrogens is 288 g/mol. The highest BCUT2D eigenvalue weighted by Crippen LogP contribution is 2.19. The van der Waals surface area contributed by atoms with E-state index in [9.17, 15) is 4.55 Å². The van der Waals surface area contributed by atoms with Gasteiger partial charge in [0.15, 0.2) is 0 Å². The van der Waals surface area contributed by atoms with Crippen molar-refractivity contribution in [2.24, 2.45) is 0 Å². The summed E-state index contributed by atoms with van der Waals surface area (Å²) in [6.45, 7) is 7.78. The molecule has 0 aliphatic heterocycles. The van der Waals surface area contributed by atoms with Gasteiger partial charge in [0, 0.05) is 11.4 Å². The molecule has 1 heterocycles. The van der Waals surface area contributed by atoms with Gasteiger partial charge in [-0.25, -0.2) is 4.98 Å². The summed E-state index contributed by atoms with van der Waals surface area (Å²) in [4.78, 5) is 4.33. The standard InChI is InChI=1S/C11H17BrN2OS/c1-8(14-16(15)11(2,3)4)9-6-5-7-10(12)13-9/h5-8,14H,1-4H3/t8-,16-/m0/s1. The summed E-state index contributed by atoms with van der Waals surface area (Å²) in [5, 5.41) is 0. The average molecular weight is 305 g/mol. The summed E-state index contributed by atoms with van der Waals surface area (Å²) in [6, 6.07) is 5.68. The van der Waals surface area contributed by atoms with Crippen molar-refractivity contribution >= 4 is 27.3 Å². The minimum atomic E-state index is -1.08. The van der Waals surface area contributed by atoms with Crippen molar-refractivity contribution in [3.63, 3.8) is 0 Å². The van der Waals surface area contributed by atoms with Crippen LogP contribution in [0.5, 0.6) is 0 Å². The lowest BCUT2D eigenvalue weighted by molar-refractivity contribution is 0.529. The first-order chi connectivity index (χ1) is 7.30. The van der Waals surface area contributed by atoms with Crippen LogP contribution in [-0.4, -0.2) is 14.3 Å². The van der Waals surface area contributed by atoms with Crippen molar-refractivity contribution in [1.29, 1.82) is 0 Å². The van der Waals surface area contributed by atoms with Crippen LogP contribution in [-0.2, 0) is 11.4 Å². The van der Waals surface area contributed by atoms with Gasteiger partial charge >= 0.3 is 0 Å². The highest BCUT2D eigenvalue weighted by Gasteiger charge is 2.28. The molecule has 3 nitrogen and oxygen atoms in total. The molecule has 1 N–H and O–H groups in total. The number of pyridine rings is 1. The Morgan fingerprint density at radius 1 is 1.44 bits per heavy atom. The summed E-state index contributed by atoms with van der Waals surface area (Å²) in [7, 11) is 0. The van der Waals surface area contributed by atoms with Crippen LogP contribution >= 0.6 is 15.9 Å². The van der Waals surface area contributed by atoms with Crippen molar-refractivity contribution in [3.05, 3.63) is 28.5 Å². The molecule has 0 aliphatic rings. The molecule has 0 saturated heterocycles. The Labute approximate surface area is 108 Å². The van der Waals surface area contributed by atoms with E-state index in [0.29, 0.717) is 0 Å². The van der Waals surface area contributed by atoms with Gasteiger partial charge in [-0.3, -0.25) is 0 Å². The first-order valence-electron chi connectivity index (χ1n) is 5.11. The van der Waals surface area contributed by atoms with E-state index in [2.05, 4.69) is 25.6 Å². The number of halogens is 1. The normalized spacial score (nSPS) is 15.9. The fourth-order valence-corrected chi connectivity index (χ4v) is 2.22. The molecule has 0 amide bonds. The van der Waals surface area contributed by atoms with Gasteiger partial charge in [-0.15, -0.1) is 4.72 Å². The van der Waals surface area contributed by atoms with Gasteiger partial charge in [0.05, 0.1) is 11.7 Å². The molecule has 16 heavy (non-hydrogen) atoms. The lowest BCUT2D eigenvalue weighted by Gasteiger charge is -2.26. The smallest absolute Gasteiger partial charge is 0.136 e. The molecule has 0 aromatic carbocycles. The van der Waals surface area contributed by atoms with Crippen molar-refractivity contribution in [3.8, 4) is 0 Å². The minimum absolute atomic E-state index is 0.0300. The first-order valence-corrected chi connectivity index (χ1v) is 7.05. The molecule has 1 aromatic rings. The number of aromatic nitrogens is 1.